The Bertz CT molecular complexity index is 671. The number of fused-ring (bicyclic) bond motifs is 1. The number of hydrogen-bond acceptors (Lipinski definition) is 3. The first-order valence-electron chi connectivity index (χ1n) is 8.07. The molecule has 0 aliphatic carbocycles. The van der Waals surface area contributed by atoms with E-state index in [0.717, 1.165) is 48.5 Å². The smallest absolute Gasteiger partial charge is 0.124 e. The van der Waals surface area contributed by atoms with Crippen molar-refractivity contribution < 1.29 is 4.39 Å². The van der Waals surface area contributed by atoms with Gasteiger partial charge in [0.25, 0.3) is 0 Å². The van der Waals surface area contributed by atoms with Gasteiger partial charge in [0, 0.05) is 36.4 Å². The van der Waals surface area contributed by atoms with E-state index in [-0.39, 0.29) is 5.82 Å². The Morgan fingerprint density at radius 2 is 2.18 bits per heavy atom. The molecule has 2 aromatic rings. The Hall–Kier alpha value is -1.68. The molecule has 3 nitrogen and oxygen atoms in total. The first-order chi connectivity index (χ1) is 10.6. The number of benzene rings is 1. The Labute approximate surface area is 131 Å². The van der Waals surface area contributed by atoms with Gasteiger partial charge in [0.15, 0.2) is 0 Å². The number of hydrogen-bond donors (Lipinski definition) is 0. The van der Waals surface area contributed by atoms with E-state index in [0.29, 0.717) is 5.92 Å². The van der Waals surface area contributed by atoms with E-state index in [1.165, 1.54) is 12.5 Å². The maximum Gasteiger partial charge on any atom is 0.124 e. The molecule has 3 rings (SSSR count). The molecule has 118 valence electrons. The van der Waals surface area contributed by atoms with Crippen LogP contribution in [0.2, 0.25) is 0 Å². The summed E-state index contributed by atoms with van der Waals surface area (Å²) in [6.07, 6.45) is 1.20. The highest BCUT2D eigenvalue weighted by atomic mass is 19.1. The highest BCUT2D eigenvalue weighted by Gasteiger charge is 2.25. The summed E-state index contributed by atoms with van der Waals surface area (Å²) in [5, 5.41) is 0.926. The van der Waals surface area contributed by atoms with E-state index in [1.807, 2.05) is 6.92 Å². The van der Waals surface area contributed by atoms with Crippen LogP contribution in [0.15, 0.2) is 24.3 Å². The van der Waals surface area contributed by atoms with Gasteiger partial charge in [0.2, 0.25) is 0 Å². The van der Waals surface area contributed by atoms with Gasteiger partial charge in [-0.2, -0.15) is 0 Å². The van der Waals surface area contributed by atoms with Crippen LogP contribution in [-0.2, 0) is 0 Å². The maximum absolute atomic E-state index is 13.6. The van der Waals surface area contributed by atoms with Gasteiger partial charge < -0.3 is 9.80 Å². The molecular formula is C18H24FN3. The van der Waals surface area contributed by atoms with Gasteiger partial charge in [0.05, 0.1) is 5.52 Å². The number of nitrogens with zero attached hydrogens (tertiary/aromatic N) is 3. The molecule has 1 fully saturated rings. The molecule has 0 N–H and O–H groups in total. The predicted octanol–water partition coefficient (Wildman–Crippen LogP) is 3.46. The van der Waals surface area contributed by atoms with Crippen LogP contribution in [0.25, 0.3) is 10.9 Å². The van der Waals surface area contributed by atoms with Crippen LogP contribution < -0.4 is 4.90 Å². The van der Waals surface area contributed by atoms with Gasteiger partial charge in [-0.15, -0.1) is 0 Å². The second-order valence-electron chi connectivity index (χ2n) is 6.40. The topological polar surface area (TPSA) is 19.4 Å². The summed E-state index contributed by atoms with van der Waals surface area (Å²) < 4.78 is 13.6. The SMILES string of the molecule is CCN(C)CC1CCN(c2cc(C)nc3ccc(F)cc23)C1. The average Bonchev–Trinajstić information content (AvgIpc) is 2.95. The second-order valence-corrected chi connectivity index (χ2v) is 6.40. The van der Waals surface area contributed by atoms with Gasteiger partial charge in [-0.05, 0) is 57.1 Å². The van der Waals surface area contributed by atoms with Crippen LogP contribution in [0.4, 0.5) is 10.1 Å². The fraction of sp³-hybridized carbons (Fsp3) is 0.500. The van der Waals surface area contributed by atoms with Crippen LogP contribution in [0.3, 0.4) is 0 Å². The summed E-state index contributed by atoms with van der Waals surface area (Å²) in [6, 6.07) is 6.97. The highest BCUT2D eigenvalue weighted by molar-refractivity contribution is 5.92. The quantitative estimate of drug-likeness (QED) is 0.862. The Balaban J connectivity index is 1.89. The minimum atomic E-state index is -0.194. The second kappa shape index (κ2) is 6.21. The van der Waals surface area contributed by atoms with Crippen molar-refractivity contribution in [2.45, 2.75) is 20.3 Å². The van der Waals surface area contributed by atoms with Crippen molar-refractivity contribution in [3.05, 3.63) is 35.8 Å². The van der Waals surface area contributed by atoms with Crippen molar-refractivity contribution in [2.24, 2.45) is 5.92 Å². The van der Waals surface area contributed by atoms with E-state index in [9.17, 15) is 4.39 Å². The summed E-state index contributed by atoms with van der Waals surface area (Å²) in [5.74, 6) is 0.489. The summed E-state index contributed by atoms with van der Waals surface area (Å²) in [6.45, 7) is 8.49. The molecular weight excluding hydrogens is 277 g/mol. The van der Waals surface area contributed by atoms with Gasteiger partial charge in [-0.25, -0.2) is 4.39 Å². The molecule has 0 saturated carbocycles. The number of aromatic nitrogens is 1. The lowest BCUT2D eigenvalue weighted by Gasteiger charge is -2.23. The number of anilines is 1. The molecule has 1 aromatic carbocycles. The van der Waals surface area contributed by atoms with Crippen molar-refractivity contribution in [2.75, 3.05) is 38.1 Å². The third-order valence-corrected chi connectivity index (χ3v) is 4.61. The summed E-state index contributed by atoms with van der Waals surface area (Å²) in [7, 11) is 2.17. The Kier molecular flexibility index (Phi) is 4.30. The molecule has 1 aromatic heterocycles. The molecule has 22 heavy (non-hydrogen) atoms. The molecule has 1 aliphatic heterocycles. The predicted molar refractivity (Wildman–Crippen MR) is 89.9 cm³/mol. The molecule has 1 unspecified atom stereocenters. The van der Waals surface area contributed by atoms with Gasteiger partial charge >= 0.3 is 0 Å². The van der Waals surface area contributed by atoms with Crippen molar-refractivity contribution in [3.63, 3.8) is 0 Å². The minimum Gasteiger partial charge on any atom is -0.371 e. The fourth-order valence-corrected chi connectivity index (χ4v) is 3.34. The van der Waals surface area contributed by atoms with Crippen LogP contribution in [0, 0.1) is 18.7 Å². The molecule has 0 radical (unpaired) electrons. The molecule has 0 spiro atoms. The maximum atomic E-state index is 13.6. The van der Waals surface area contributed by atoms with Crippen LogP contribution in [0.1, 0.15) is 19.0 Å². The highest BCUT2D eigenvalue weighted by Crippen LogP contribution is 2.31. The monoisotopic (exact) mass is 301 g/mol. The van der Waals surface area contributed by atoms with Crippen LogP contribution in [0.5, 0.6) is 0 Å². The van der Waals surface area contributed by atoms with Crippen molar-refractivity contribution in [1.82, 2.24) is 9.88 Å². The zero-order valence-electron chi connectivity index (χ0n) is 13.6. The first-order valence-corrected chi connectivity index (χ1v) is 8.07. The van der Waals surface area contributed by atoms with E-state index in [1.54, 1.807) is 12.1 Å². The van der Waals surface area contributed by atoms with E-state index in [2.05, 4.69) is 34.8 Å². The summed E-state index contributed by atoms with van der Waals surface area (Å²) >= 11 is 0. The van der Waals surface area contributed by atoms with E-state index >= 15 is 0 Å². The zero-order chi connectivity index (χ0) is 15.7. The van der Waals surface area contributed by atoms with Gasteiger partial charge in [0.1, 0.15) is 5.82 Å². The number of aryl methyl sites for hydroxylation is 1. The lowest BCUT2D eigenvalue weighted by Crippen LogP contribution is -2.28. The lowest BCUT2D eigenvalue weighted by atomic mass is 10.1. The van der Waals surface area contributed by atoms with E-state index in [4.69, 9.17) is 0 Å². The lowest BCUT2D eigenvalue weighted by molar-refractivity contribution is 0.300. The minimum absolute atomic E-state index is 0.194. The molecule has 2 heterocycles. The molecule has 1 saturated heterocycles. The number of rotatable bonds is 4. The van der Waals surface area contributed by atoms with Gasteiger partial charge in [-0.3, -0.25) is 4.98 Å². The fourth-order valence-electron chi connectivity index (χ4n) is 3.34. The molecule has 1 atom stereocenters. The Morgan fingerprint density at radius 1 is 1.36 bits per heavy atom. The third-order valence-electron chi connectivity index (χ3n) is 4.61. The van der Waals surface area contributed by atoms with Crippen molar-refractivity contribution >= 4 is 16.6 Å². The van der Waals surface area contributed by atoms with Gasteiger partial charge in [-0.1, -0.05) is 6.92 Å². The standard InChI is InChI=1S/C18H24FN3/c1-4-21(3)11-14-7-8-22(12-14)18-9-13(2)20-17-6-5-15(19)10-16(17)18/h5-6,9-10,14H,4,7-8,11-12H2,1-3H3. The zero-order valence-corrected chi connectivity index (χ0v) is 13.6. The average molecular weight is 301 g/mol. The molecule has 1 aliphatic rings. The molecule has 4 heteroatoms. The number of pyridine rings is 1. The van der Waals surface area contributed by atoms with E-state index < -0.39 is 0 Å². The van der Waals surface area contributed by atoms with Crippen molar-refractivity contribution in [3.8, 4) is 0 Å². The Morgan fingerprint density at radius 3 is 2.95 bits per heavy atom. The van der Waals surface area contributed by atoms with Crippen LogP contribution >= 0.6 is 0 Å². The largest absolute Gasteiger partial charge is 0.371 e. The van der Waals surface area contributed by atoms with Crippen LogP contribution in [-0.4, -0.2) is 43.1 Å². The third kappa shape index (κ3) is 3.07. The van der Waals surface area contributed by atoms with Crippen molar-refractivity contribution in [1.29, 1.82) is 0 Å². The molecule has 0 amide bonds. The molecule has 0 bridgehead atoms. The normalized spacial score (nSPS) is 18.6. The summed E-state index contributed by atoms with van der Waals surface area (Å²) in [5.41, 5.74) is 3.00. The first kappa shape index (κ1) is 15.2. The summed E-state index contributed by atoms with van der Waals surface area (Å²) in [4.78, 5) is 9.29. The number of halogens is 1.